The van der Waals surface area contributed by atoms with Crippen LogP contribution >= 0.6 is 15.9 Å². The Kier molecular flexibility index (Phi) is 6.55. The average molecular weight is 303 g/mol. The first-order valence-electron chi connectivity index (χ1n) is 5.78. The van der Waals surface area contributed by atoms with Gasteiger partial charge in [-0.25, -0.2) is 0 Å². The summed E-state index contributed by atoms with van der Waals surface area (Å²) in [6, 6.07) is 5.67. The maximum atomic E-state index is 9.87. The highest BCUT2D eigenvalue weighted by Crippen LogP contribution is 2.29. The number of rotatable bonds is 7. The van der Waals surface area contributed by atoms with E-state index in [0.717, 1.165) is 28.6 Å². The van der Waals surface area contributed by atoms with Crippen LogP contribution in [0.25, 0.3) is 0 Å². The van der Waals surface area contributed by atoms with E-state index in [4.69, 9.17) is 9.47 Å². The number of hydrogen-bond donors (Lipinski definition) is 1. The Morgan fingerprint density at radius 2 is 2.12 bits per heavy atom. The van der Waals surface area contributed by atoms with Crippen LogP contribution in [0, 0.1) is 0 Å². The van der Waals surface area contributed by atoms with Gasteiger partial charge in [0.2, 0.25) is 0 Å². The topological polar surface area (TPSA) is 38.7 Å². The predicted molar refractivity (Wildman–Crippen MR) is 71.4 cm³/mol. The van der Waals surface area contributed by atoms with Gasteiger partial charge in [-0.2, -0.15) is 0 Å². The lowest BCUT2D eigenvalue weighted by Crippen LogP contribution is -2.05. The molecule has 4 heteroatoms. The minimum absolute atomic E-state index is 0.399. The first-order chi connectivity index (χ1) is 8.19. The van der Waals surface area contributed by atoms with Gasteiger partial charge in [0.25, 0.3) is 0 Å². The van der Waals surface area contributed by atoms with Crippen LogP contribution in [0.1, 0.15) is 31.4 Å². The molecule has 0 fully saturated rings. The van der Waals surface area contributed by atoms with Crippen LogP contribution in [-0.2, 0) is 4.74 Å². The molecule has 0 spiro atoms. The summed E-state index contributed by atoms with van der Waals surface area (Å²) in [5.41, 5.74) is 0.915. The highest BCUT2D eigenvalue weighted by atomic mass is 79.9. The van der Waals surface area contributed by atoms with Crippen LogP contribution < -0.4 is 4.74 Å². The van der Waals surface area contributed by atoms with Crippen LogP contribution in [0.4, 0.5) is 0 Å². The number of methoxy groups -OCH3 is 1. The Labute approximate surface area is 111 Å². The number of aliphatic hydroxyl groups excluding tert-OH is 1. The molecule has 0 aromatic heterocycles. The molecule has 1 unspecified atom stereocenters. The van der Waals surface area contributed by atoms with Crippen molar-refractivity contribution < 1.29 is 14.6 Å². The van der Waals surface area contributed by atoms with Crippen LogP contribution in [-0.4, -0.2) is 25.4 Å². The van der Waals surface area contributed by atoms with Gasteiger partial charge < -0.3 is 14.6 Å². The van der Waals surface area contributed by atoms with Crippen LogP contribution in [0.3, 0.4) is 0 Å². The maximum absolute atomic E-state index is 9.87. The summed E-state index contributed by atoms with van der Waals surface area (Å²) < 4.78 is 11.3. The normalized spacial score (nSPS) is 12.5. The van der Waals surface area contributed by atoms with Crippen molar-refractivity contribution in [3.63, 3.8) is 0 Å². The molecular formula is C13H19BrO3. The van der Waals surface area contributed by atoms with Crippen molar-refractivity contribution >= 4 is 15.9 Å². The second-order valence-electron chi connectivity index (χ2n) is 3.84. The summed E-state index contributed by atoms with van der Waals surface area (Å²) >= 11 is 3.44. The van der Waals surface area contributed by atoms with Crippen LogP contribution in [0.5, 0.6) is 5.75 Å². The summed E-state index contributed by atoms with van der Waals surface area (Å²) in [6.45, 7) is 3.14. The summed E-state index contributed by atoms with van der Waals surface area (Å²) in [5, 5.41) is 9.87. The predicted octanol–water partition coefficient (Wildman–Crippen LogP) is 3.31. The molecule has 1 rings (SSSR count). The van der Waals surface area contributed by atoms with Crippen LogP contribution in [0.15, 0.2) is 22.7 Å². The molecule has 96 valence electrons. The zero-order valence-electron chi connectivity index (χ0n) is 10.3. The largest absolute Gasteiger partial charge is 0.490 e. The lowest BCUT2D eigenvalue weighted by Gasteiger charge is -2.13. The standard InChI is InChI=1S/C13H19BrO3/c1-3-4-12(15)10-5-6-13(11(14)9-10)17-8-7-16-2/h5-6,9,12,15H,3-4,7-8H2,1-2H3. The third-order valence-electron chi connectivity index (χ3n) is 2.45. The molecule has 0 amide bonds. The lowest BCUT2D eigenvalue weighted by atomic mass is 10.1. The number of aliphatic hydroxyl groups is 1. The number of halogens is 1. The zero-order valence-corrected chi connectivity index (χ0v) is 11.9. The minimum atomic E-state index is -0.399. The van der Waals surface area contributed by atoms with Crippen LogP contribution in [0.2, 0.25) is 0 Å². The van der Waals surface area contributed by atoms with E-state index < -0.39 is 6.10 Å². The van der Waals surface area contributed by atoms with Gasteiger partial charge in [0.05, 0.1) is 17.2 Å². The van der Waals surface area contributed by atoms with Crippen molar-refractivity contribution in [2.75, 3.05) is 20.3 Å². The molecule has 1 aromatic rings. The quantitative estimate of drug-likeness (QED) is 0.785. The molecule has 0 saturated heterocycles. The third-order valence-corrected chi connectivity index (χ3v) is 3.07. The van der Waals surface area contributed by atoms with E-state index in [2.05, 4.69) is 22.9 Å². The summed E-state index contributed by atoms with van der Waals surface area (Å²) in [6.07, 6.45) is 1.34. The monoisotopic (exact) mass is 302 g/mol. The molecule has 3 nitrogen and oxygen atoms in total. The lowest BCUT2D eigenvalue weighted by molar-refractivity contribution is 0.145. The number of hydrogen-bond acceptors (Lipinski definition) is 3. The smallest absolute Gasteiger partial charge is 0.133 e. The van der Waals surface area contributed by atoms with E-state index in [1.165, 1.54) is 0 Å². The molecule has 0 saturated carbocycles. The number of benzene rings is 1. The summed E-state index contributed by atoms with van der Waals surface area (Å²) in [4.78, 5) is 0. The van der Waals surface area contributed by atoms with Gasteiger partial charge in [-0.05, 0) is 40.0 Å². The highest BCUT2D eigenvalue weighted by molar-refractivity contribution is 9.10. The van der Waals surface area contributed by atoms with E-state index in [9.17, 15) is 5.11 Å². The van der Waals surface area contributed by atoms with E-state index >= 15 is 0 Å². The van der Waals surface area contributed by atoms with Gasteiger partial charge in [0, 0.05) is 7.11 Å². The van der Waals surface area contributed by atoms with Crippen molar-refractivity contribution in [1.82, 2.24) is 0 Å². The SMILES string of the molecule is CCCC(O)c1ccc(OCCOC)c(Br)c1. The van der Waals surface area contributed by atoms with Gasteiger partial charge in [-0.3, -0.25) is 0 Å². The molecule has 1 aromatic carbocycles. The molecule has 0 bridgehead atoms. The molecule has 0 aliphatic carbocycles. The Morgan fingerprint density at radius 1 is 1.35 bits per heavy atom. The van der Waals surface area contributed by atoms with E-state index in [1.54, 1.807) is 7.11 Å². The Hall–Kier alpha value is -0.580. The molecular weight excluding hydrogens is 284 g/mol. The molecule has 0 aliphatic rings. The maximum Gasteiger partial charge on any atom is 0.133 e. The van der Waals surface area contributed by atoms with E-state index in [1.807, 2.05) is 18.2 Å². The minimum Gasteiger partial charge on any atom is -0.490 e. The molecule has 0 heterocycles. The molecule has 0 radical (unpaired) electrons. The second-order valence-corrected chi connectivity index (χ2v) is 4.69. The first kappa shape index (κ1) is 14.5. The second kappa shape index (κ2) is 7.69. The molecule has 1 N–H and O–H groups in total. The molecule has 17 heavy (non-hydrogen) atoms. The van der Waals surface area contributed by atoms with Crippen molar-refractivity contribution in [2.24, 2.45) is 0 Å². The van der Waals surface area contributed by atoms with Gasteiger partial charge in [0.15, 0.2) is 0 Å². The Bertz CT molecular complexity index is 341. The molecule has 1 atom stereocenters. The Balaban J connectivity index is 2.65. The third kappa shape index (κ3) is 4.66. The fourth-order valence-corrected chi connectivity index (χ4v) is 2.03. The fraction of sp³-hybridized carbons (Fsp3) is 0.538. The fourth-order valence-electron chi connectivity index (χ4n) is 1.52. The van der Waals surface area contributed by atoms with Crippen molar-refractivity contribution in [1.29, 1.82) is 0 Å². The van der Waals surface area contributed by atoms with Crippen molar-refractivity contribution in [2.45, 2.75) is 25.9 Å². The van der Waals surface area contributed by atoms with Gasteiger partial charge >= 0.3 is 0 Å². The molecule has 0 aliphatic heterocycles. The van der Waals surface area contributed by atoms with Gasteiger partial charge in [-0.1, -0.05) is 19.4 Å². The van der Waals surface area contributed by atoms with Gasteiger partial charge in [-0.15, -0.1) is 0 Å². The van der Waals surface area contributed by atoms with Crippen molar-refractivity contribution in [3.05, 3.63) is 28.2 Å². The average Bonchev–Trinajstić information content (AvgIpc) is 2.31. The number of ether oxygens (including phenoxy) is 2. The summed E-state index contributed by atoms with van der Waals surface area (Å²) in [5.74, 6) is 0.773. The van der Waals surface area contributed by atoms with Gasteiger partial charge in [0.1, 0.15) is 12.4 Å². The first-order valence-corrected chi connectivity index (χ1v) is 6.57. The summed E-state index contributed by atoms with van der Waals surface area (Å²) in [7, 11) is 1.64. The zero-order chi connectivity index (χ0) is 12.7. The Morgan fingerprint density at radius 3 is 2.71 bits per heavy atom. The highest BCUT2D eigenvalue weighted by Gasteiger charge is 2.09. The van der Waals surface area contributed by atoms with Crippen molar-refractivity contribution in [3.8, 4) is 5.75 Å². The van der Waals surface area contributed by atoms with E-state index in [-0.39, 0.29) is 0 Å². The van der Waals surface area contributed by atoms with E-state index in [0.29, 0.717) is 13.2 Å².